The fourth-order valence-electron chi connectivity index (χ4n) is 1.26. The van der Waals surface area contributed by atoms with Gasteiger partial charge in [-0.3, -0.25) is 0 Å². The van der Waals surface area contributed by atoms with Crippen molar-refractivity contribution in [3.63, 3.8) is 0 Å². The van der Waals surface area contributed by atoms with E-state index in [9.17, 15) is 5.11 Å². The van der Waals surface area contributed by atoms with Gasteiger partial charge in [0.15, 0.2) is 0 Å². The summed E-state index contributed by atoms with van der Waals surface area (Å²) in [6.07, 6.45) is 3.32. The summed E-state index contributed by atoms with van der Waals surface area (Å²) in [5.74, 6) is 0. The Labute approximate surface area is 97.0 Å². The summed E-state index contributed by atoms with van der Waals surface area (Å²) in [4.78, 5) is 0. The minimum atomic E-state index is -0.291. The van der Waals surface area contributed by atoms with Gasteiger partial charge in [0.1, 0.15) is 0 Å². The Bertz CT molecular complexity index is 221. The van der Waals surface area contributed by atoms with Crippen LogP contribution < -0.4 is 0 Å². The van der Waals surface area contributed by atoms with E-state index in [0.29, 0.717) is 0 Å². The number of aliphatic hydroxyl groups excluding tert-OH is 1. The van der Waals surface area contributed by atoms with Gasteiger partial charge in [0.2, 0.25) is 0 Å². The van der Waals surface area contributed by atoms with Crippen LogP contribution in [0.25, 0.3) is 0 Å². The Hall–Kier alpha value is -0.603. The average Bonchev–Trinajstić information content (AvgIpc) is 2.31. The van der Waals surface area contributed by atoms with E-state index in [0.717, 1.165) is 12.0 Å². The molecular formula is C13H24OSi. The minimum Gasteiger partial charge on any atom is -0.388 e. The number of unbranched alkanes of at least 4 members (excludes halogenated alkanes) is 1. The van der Waals surface area contributed by atoms with Gasteiger partial charge in [-0.15, -0.1) is 0 Å². The van der Waals surface area contributed by atoms with E-state index >= 15 is 0 Å². The number of aliphatic hydroxyl groups is 1. The lowest BCUT2D eigenvalue weighted by Gasteiger charge is -2.05. The third kappa shape index (κ3) is 7.34. The Balaban J connectivity index is 0.000000336. The van der Waals surface area contributed by atoms with Crippen LogP contribution in [0, 0.1) is 0 Å². The first-order valence-corrected chi connectivity index (χ1v) is 7.40. The summed E-state index contributed by atoms with van der Waals surface area (Å²) in [6.45, 7) is 4.20. The highest BCUT2D eigenvalue weighted by molar-refractivity contribution is 6.08. The van der Waals surface area contributed by atoms with Crippen molar-refractivity contribution in [2.24, 2.45) is 0 Å². The first-order chi connectivity index (χ1) is 7.26. The predicted octanol–water partition coefficient (Wildman–Crippen LogP) is 2.70. The maximum atomic E-state index is 9.33. The van der Waals surface area contributed by atoms with E-state index < -0.39 is 0 Å². The van der Waals surface area contributed by atoms with E-state index in [1.54, 1.807) is 0 Å². The summed E-state index contributed by atoms with van der Waals surface area (Å²) < 4.78 is 0. The van der Waals surface area contributed by atoms with Crippen LogP contribution in [0.15, 0.2) is 30.3 Å². The molecule has 1 nitrogen and oxygen atoms in total. The van der Waals surface area contributed by atoms with Crippen LogP contribution in [0.1, 0.15) is 44.8 Å². The Morgan fingerprint density at radius 1 is 1.20 bits per heavy atom. The third-order valence-electron chi connectivity index (χ3n) is 2.28. The van der Waals surface area contributed by atoms with Gasteiger partial charge in [0.05, 0.1) is 6.10 Å². The number of hydrogen-bond donors (Lipinski definition) is 1. The molecule has 1 rings (SSSR count). The van der Waals surface area contributed by atoms with Gasteiger partial charge in [-0.05, 0) is 12.0 Å². The zero-order chi connectivity index (χ0) is 11.5. The van der Waals surface area contributed by atoms with Crippen molar-refractivity contribution in [3.8, 4) is 0 Å². The van der Waals surface area contributed by atoms with Crippen LogP contribution in [0.4, 0.5) is 0 Å². The molecule has 0 aliphatic rings. The molecule has 0 aliphatic carbocycles. The Morgan fingerprint density at radius 3 is 2.13 bits per heavy atom. The van der Waals surface area contributed by atoms with E-state index in [4.69, 9.17) is 0 Å². The van der Waals surface area contributed by atoms with Crippen molar-refractivity contribution in [2.75, 3.05) is 0 Å². The fourth-order valence-corrected chi connectivity index (χ4v) is 1.97. The standard InChI is InChI=1S/C9H12O.C4H12Si/c1-2-9(10)8-6-4-3-5-7-8;1-2-3-4-5/h3-7,9-10H,2H2,1H3;2-4H2,1,5H3. The molecule has 0 saturated carbocycles. The van der Waals surface area contributed by atoms with E-state index in [1.165, 1.54) is 29.1 Å². The molecule has 1 N–H and O–H groups in total. The van der Waals surface area contributed by atoms with Crippen LogP contribution in [-0.4, -0.2) is 15.3 Å². The van der Waals surface area contributed by atoms with Gasteiger partial charge < -0.3 is 5.11 Å². The van der Waals surface area contributed by atoms with Crippen LogP contribution in [0.5, 0.6) is 0 Å². The molecule has 0 aromatic heterocycles. The predicted molar refractivity (Wildman–Crippen MR) is 71.3 cm³/mol. The van der Waals surface area contributed by atoms with Gasteiger partial charge in [0.25, 0.3) is 0 Å². The van der Waals surface area contributed by atoms with Gasteiger partial charge in [-0.25, -0.2) is 0 Å². The van der Waals surface area contributed by atoms with Crippen molar-refractivity contribution >= 4 is 10.2 Å². The first-order valence-electron chi connectivity index (χ1n) is 5.99. The molecule has 0 spiro atoms. The van der Waals surface area contributed by atoms with E-state index in [1.807, 2.05) is 37.3 Å². The highest BCUT2D eigenvalue weighted by Crippen LogP contribution is 2.14. The second-order valence-corrected chi connectivity index (χ2v) is 4.69. The molecule has 0 bridgehead atoms. The summed E-state index contributed by atoms with van der Waals surface area (Å²) in [5, 5.41) is 9.33. The topological polar surface area (TPSA) is 20.2 Å². The average molecular weight is 224 g/mol. The molecule has 15 heavy (non-hydrogen) atoms. The lowest BCUT2D eigenvalue weighted by Crippen LogP contribution is -1.93. The SMILES string of the molecule is CCC(O)c1ccccc1.CCCC[SiH3]. The molecule has 0 aliphatic heterocycles. The molecule has 86 valence electrons. The molecule has 2 heteroatoms. The molecule has 0 amide bonds. The van der Waals surface area contributed by atoms with Crippen molar-refractivity contribution in [1.29, 1.82) is 0 Å². The lowest BCUT2D eigenvalue weighted by molar-refractivity contribution is 0.173. The van der Waals surface area contributed by atoms with Gasteiger partial charge in [-0.2, -0.15) is 0 Å². The quantitative estimate of drug-likeness (QED) is 0.780. The van der Waals surface area contributed by atoms with Crippen LogP contribution in [0.3, 0.4) is 0 Å². The maximum Gasteiger partial charge on any atom is 0.0787 e. The molecule has 1 unspecified atom stereocenters. The van der Waals surface area contributed by atoms with Crippen molar-refractivity contribution in [2.45, 2.75) is 45.3 Å². The normalized spacial score (nSPS) is 11.7. The Morgan fingerprint density at radius 2 is 1.80 bits per heavy atom. The molecule has 0 radical (unpaired) electrons. The second kappa shape index (κ2) is 9.93. The monoisotopic (exact) mass is 224 g/mol. The van der Waals surface area contributed by atoms with Gasteiger partial charge in [0, 0.05) is 10.2 Å². The third-order valence-corrected chi connectivity index (χ3v) is 2.99. The molecule has 1 aromatic rings. The van der Waals surface area contributed by atoms with Crippen molar-refractivity contribution < 1.29 is 5.11 Å². The zero-order valence-corrected chi connectivity index (χ0v) is 12.2. The zero-order valence-electron chi connectivity index (χ0n) is 10.2. The molecule has 0 saturated heterocycles. The highest BCUT2D eigenvalue weighted by Gasteiger charge is 2.00. The molecule has 0 heterocycles. The van der Waals surface area contributed by atoms with Crippen molar-refractivity contribution in [3.05, 3.63) is 35.9 Å². The van der Waals surface area contributed by atoms with Crippen LogP contribution in [-0.2, 0) is 0 Å². The smallest absolute Gasteiger partial charge is 0.0787 e. The number of rotatable bonds is 4. The molecular weight excluding hydrogens is 200 g/mol. The minimum absolute atomic E-state index is 0.291. The Kier molecular flexibility index (Phi) is 9.53. The van der Waals surface area contributed by atoms with Crippen molar-refractivity contribution in [1.82, 2.24) is 0 Å². The summed E-state index contributed by atoms with van der Waals surface area (Å²) in [5.41, 5.74) is 1.00. The maximum absolute atomic E-state index is 9.33. The summed E-state index contributed by atoms with van der Waals surface area (Å²) >= 11 is 0. The first kappa shape index (κ1) is 14.4. The second-order valence-electron chi connectivity index (χ2n) is 3.69. The molecule has 1 aromatic carbocycles. The number of hydrogen-bond acceptors (Lipinski definition) is 1. The van der Waals surface area contributed by atoms with E-state index in [-0.39, 0.29) is 6.10 Å². The highest BCUT2D eigenvalue weighted by atomic mass is 28.1. The fraction of sp³-hybridized carbons (Fsp3) is 0.538. The number of benzene rings is 1. The summed E-state index contributed by atoms with van der Waals surface area (Å²) in [6, 6.07) is 11.2. The molecule has 0 fully saturated rings. The van der Waals surface area contributed by atoms with Crippen LogP contribution in [0.2, 0.25) is 6.04 Å². The lowest BCUT2D eigenvalue weighted by atomic mass is 10.1. The van der Waals surface area contributed by atoms with Gasteiger partial charge >= 0.3 is 0 Å². The van der Waals surface area contributed by atoms with Gasteiger partial charge in [-0.1, -0.05) is 63.1 Å². The largest absolute Gasteiger partial charge is 0.388 e. The molecule has 1 atom stereocenters. The summed E-state index contributed by atoms with van der Waals surface area (Å²) in [7, 11) is 1.40. The van der Waals surface area contributed by atoms with Crippen LogP contribution >= 0.6 is 0 Å². The van der Waals surface area contributed by atoms with E-state index in [2.05, 4.69) is 6.92 Å².